The van der Waals surface area contributed by atoms with Gasteiger partial charge in [0.15, 0.2) is 5.84 Å². The Labute approximate surface area is 133 Å². The molecule has 21 heavy (non-hydrogen) atoms. The molecule has 3 N–H and O–H groups in total. The first-order chi connectivity index (χ1) is 10.0. The molecule has 0 atom stereocenters. The number of amidine groups is 1. The molecule has 0 aliphatic heterocycles. The van der Waals surface area contributed by atoms with Crippen LogP contribution in [0.2, 0.25) is 5.02 Å². The Morgan fingerprint density at radius 2 is 2.29 bits per heavy atom. The second-order valence-corrected chi connectivity index (χ2v) is 5.24. The fraction of sp³-hybridized carbons (Fsp3) is 0.0769. The third-order valence-corrected chi connectivity index (χ3v) is 3.51. The third kappa shape index (κ3) is 3.62. The van der Waals surface area contributed by atoms with Crippen molar-refractivity contribution in [2.24, 2.45) is 10.9 Å². The van der Waals surface area contributed by atoms with Gasteiger partial charge in [-0.1, -0.05) is 22.8 Å². The van der Waals surface area contributed by atoms with Gasteiger partial charge in [0.2, 0.25) is 0 Å². The Bertz CT molecular complexity index is 697. The Hall–Kier alpha value is -1.86. The zero-order valence-corrected chi connectivity index (χ0v) is 12.9. The van der Waals surface area contributed by atoms with E-state index in [-0.39, 0.29) is 23.2 Å². The average molecular weight is 375 g/mol. The highest BCUT2D eigenvalue weighted by Gasteiger charge is 2.11. The lowest BCUT2D eigenvalue weighted by Crippen LogP contribution is -2.18. The first-order valence-electron chi connectivity index (χ1n) is 5.72. The molecule has 0 radical (unpaired) electrons. The van der Waals surface area contributed by atoms with Gasteiger partial charge in [0, 0.05) is 17.8 Å². The maximum absolute atomic E-state index is 13.4. The van der Waals surface area contributed by atoms with E-state index in [0.717, 1.165) is 0 Å². The number of nitrogens with zero attached hydrogens (tertiary/aromatic N) is 2. The van der Waals surface area contributed by atoms with Gasteiger partial charge >= 0.3 is 0 Å². The minimum absolute atomic E-state index is 0.00653. The number of benzene rings is 1. The summed E-state index contributed by atoms with van der Waals surface area (Å²) >= 11 is 8.89. The first kappa shape index (κ1) is 15.5. The van der Waals surface area contributed by atoms with Crippen molar-refractivity contribution in [3.05, 3.63) is 57.0 Å². The van der Waals surface area contributed by atoms with Gasteiger partial charge in [0.1, 0.15) is 23.9 Å². The van der Waals surface area contributed by atoms with Gasteiger partial charge in [-0.2, -0.15) is 0 Å². The molecule has 1 aromatic heterocycles. The normalized spacial score (nSPS) is 11.5. The molecule has 0 spiro atoms. The summed E-state index contributed by atoms with van der Waals surface area (Å²) in [5.74, 6) is -0.431. The summed E-state index contributed by atoms with van der Waals surface area (Å²) in [6.07, 6.45) is 1.51. The molecule has 0 amide bonds. The smallest absolute Gasteiger partial charge is 0.189 e. The lowest BCUT2D eigenvalue weighted by molar-refractivity contribution is 0.301. The molecule has 0 aliphatic rings. The van der Waals surface area contributed by atoms with E-state index in [0.29, 0.717) is 15.7 Å². The molecule has 8 heteroatoms. The fourth-order valence-electron chi connectivity index (χ4n) is 1.60. The molecule has 110 valence electrons. The van der Waals surface area contributed by atoms with Crippen LogP contribution >= 0.6 is 27.5 Å². The highest BCUT2D eigenvalue weighted by Crippen LogP contribution is 2.31. The van der Waals surface area contributed by atoms with Crippen molar-refractivity contribution in [3.8, 4) is 5.75 Å². The predicted molar refractivity (Wildman–Crippen MR) is 80.2 cm³/mol. The van der Waals surface area contributed by atoms with Gasteiger partial charge in [-0.3, -0.25) is 4.98 Å². The van der Waals surface area contributed by atoms with Crippen LogP contribution in [-0.4, -0.2) is 16.0 Å². The van der Waals surface area contributed by atoms with E-state index >= 15 is 0 Å². The third-order valence-electron chi connectivity index (χ3n) is 2.60. The summed E-state index contributed by atoms with van der Waals surface area (Å²) in [6, 6.07) is 5.97. The summed E-state index contributed by atoms with van der Waals surface area (Å²) in [6.45, 7) is 0.0685. The number of rotatable bonds is 4. The fourth-order valence-corrected chi connectivity index (χ4v) is 2.36. The van der Waals surface area contributed by atoms with E-state index in [1.165, 1.54) is 18.3 Å². The molecule has 0 fully saturated rings. The average Bonchev–Trinajstić information content (AvgIpc) is 2.49. The highest BCUT2D eigenvalue weighted by molar-refractivity contribution is 9.10. The van der Waals surface area contributed by atoms with E-state index in [9.17, 15) is 4.39 Å². The quantitative estimate of drug-likeness (QED) is 0.283. The van der Waals surface area contributed by atoms with E-state index < -0.39 is 5.82 Å². The molecule has 0 saturated heterocycles. The number of hydrogen-bond donors (Lipinski definition) is 2. The summed E-state index contributed by atoms with van der Waals surface area (Å²) in [5.41, 5.74) is 6.42. The van der Waals surface area contributed by atoms with Gasteiger partial charge in [-0.05, 0) is 28.1 Å². The molecule has 2 aromatic rings. The van der Waals surface area contributed by atoms with Gasteiger partial charge in [0.05, 0.1) is 9.50 Å². The number of pyridine rings is 1. The molecule has 1 heterocycles. The lowest BCUT2D eigenvalue weighted by Gasteiger charge is -2.11. The van der Waals surface area contributed by atoms with Crippen LogP contribution in [0.15, 0.2) is 40.1 Å². The molecule has 1 aromatic carbocycles. The molecular formula is C13H10BrClFN3O2. The predicted octanol–water partition coefficient (Wildman–Crippen LogP) is 3.31. The van der Waals surface area contributed by atoms with Crippen LogP contribution in [0.3, 0.4) is 0 Å². The van der Waals surface area contributed by atoms with Crippen molar-refractivity contribution in [2.45, 2.75) is 6.61 Å². The van der Waals surface area contributed by atoms with Crippen LogP contribution in [0, 0.1) is 5.82 Å². The number of ether oxygens (including phenoxy) is 1. The second-order valence-electron chi connectivity index (χ2n) is 3.98. The minimum atomic E-state index is -0.585. The van der Waals surface area contributed by atoms with Gasteiger partial charge < -0.3 is 15.7 Å². The van der Waals surface area contributed by atoms with Crippen molar-refractivity contribution in [2.75, 3.05) is 0 Å². The maximum Gasteiger partial charge on any atom is 0.189 e. The van der Waals surface area contributed by atoms with Crippen molar-refractivity contribution >= 4 is 33.4 Å². The Kier molecular flexibility index (Phi) is 4.98. The molecule has 0 unspecified atom stereocenters. The molecule has 0 saturated carbocycles. The summed E-state index contributed by atoms with van der Waals surface area (Å²) in [5, 5.41) is 11.6. The molecule has 5 nitrogen and oxygen atoms in total. The molecule has 0 bridgehead atoms. The second kappa shape index (κ2) is 6.73. The summed E-state index contributed by atoms with van der Waals surface area (Å²) < 4.78 is 19.5. The SMILES string of the molecule is N/C(=N/O)c1ncccc1COc1cc(F)c(Cl)cc1Br. The van der Waals surface area contributed by atoms with Gasteiger partial charge in [0.25, 0.3) is 0 Å². The molecule has 0 aliphatic carbocycles. The zero-order chi connectivity index (χ0) is 15.4. The highest BCUT2D eigenvalue weighted by atomic mass is 79.9. The van der Waals surface area contributed by atoms with Crippen molar-refractivity contribution < 1.29 is 14.3 Å². The number of aromatic nitrogens is 1. The van der Waals surface area contributed by atoms with Crippen LogP contribution < -0.4 is 10.5 Å². The van der Waals surface area contributed by atoms with Gasteiger partial charge in [-0.15, -0.1) is 0 Å². The van der Waals surface area contributed by atoms with Gasteiger partial charge in [-0.25, -0.2) is 4.39 Å². The van der Waals surface area contributed by atoms with Crippen LogP contribution in [0.25, 0.3) is 0 Å². The topological polar surface area (TPSA) is 80.7 Å². The number of halogens is 3. The first-order valence-corrected chi connectivity index (χ1v) is 6.89. The lowest BCUT2D eigenvalue weighted by atomic mass is 10.2. The number of oxime groups is 1. The molecule has 2 rings (SSSR count). The van der Waals surface area contributed by atoms with Crippen LogP contribution in [0.4, 0.5) is 4.39 Å². The van der Waals surface area contributed by atoms with Crippen molar-refractivity contribution in [3.63, 3.8) is 0 Å². The Morgan fingerprint density at radius 3 is 3.00 bits per heavy atom. The summed E-state index contributed by atoms with van der Waals surface area (Å²) in [7, 11) is 0. The van der Waals surface area contributed by atoms with Crippen molar-refractivity contribution in [1.82, 2.24) is 4.98 Å². The standard InChI is InChI=1S/C13H10BrClFN3O2/c14-8-4-9(15)10(16)5-11(8)21-6-7-2-1-3-18-12(7)13(17)19-20/h1-5,20H,6H2,(H2,17,19). The van der Waals surface area contributed by atoms with Crippen molar-refractivity contribution in [1.29, 1.82) is 0 Å². The number of hydrogen-bond acceptors (Lipinski definition) is 4. The Balaban J connectivity index is 2.23. The maximum atomic E-state index is 13.4. The monoisotopic (exact) mass is 373 g/mol. The largest absolute Gasteiger partial charge is 0.488 e. The number of nitrogens with two attached hydrogens (primary N) is 1. The van der Waals surface area contributed by atoms with E-state index in [4.69, 9.17) is 27.3 Å². The van der Waals surface area contributed by atoms with Crippen LogP contribution in [-0.2, 0) is 6.61 Å². The van der Waals surface area contributed by atoms with Crippen LogP contribution in [0.1, 0.15) is 11.3 Å². The molecular weight excluding hydrogens is 365 g/mol. The van der Waals surface area contributed by atoms with Crippen LogP contribution in [0.5, 0.6) is 5.75 Å². The van der Waals surface area contributed by atoms with E-state index in [1.807, 2.05) is 0 Å². The van der Waals surface area contributed by atoms with E-state index in [2.05, 4.69) is 26.1 Å². The van der Waals surface area contributed by atoms with E-state index in [1.54, 1.807) is 12.1 Å². The minimum Gasteiger partial charge on any atom is -0.488 e. The zero-order valence-electron chi connectivity index (χ0n) is 10.6. The Morgan fingerprint density at radius 1 is 1.52 bits per heavy atom. The summed E-state index contributed by atoms with van der Waals surface area (Å²) in [4.78, 5) is 4.01.